The molecule has 9 aromatic rings. The molecule has 1 nitrogen and oxygen atoms in total. The molecule has 1 aromatic heterocycles. The van der Waals surface area contributed by atoms with Crippen molar-refractivity contribution >= 4 is 54.0 Å². The van der Waals surface area contributed by atoms with Crippen LogP contribution in [0.1, 0.15) is 0 Å². The van der Waals surface area contributed by atoms with Gasteiger partial charge >= 0.3 is 0 Å². The number of benzene rings is 8. The van der Waals surface area contributed by atoms with Gasteiger partial charge < -0.3 is 0 Å². The second-order valence-corrected chi connectivity index (χ2v) is 11.5. The van der Waals surface area contributed by atoms with Gasteiger partial charge in [-0.05, 0) is 83.9 Å². The van der Waals surface area contributed by atoms with E-state index in [0.717, 1.165) is 5.52 Å². The first kappa shape index (κ1) is 24.8. The van der Waals surface area contributed by atoms with E-state index in [4.69, 9.17) is 4.98 Å². The van der Waals surface area contributed by atoms with E-state index < -0.39 is 0 Å². The molecule has 0 aliphatic heterocycles. The predicted octanol–water partition coefficient (Wildman–Crippen LogP) is 11.8. The lowest BCUT2D eigenvalue weighted by Crippen LogP contribution is -1.94. The van der Waals surface area contributed by atoms with Crippen LogP contribution in [0.25, 0.3) is 87.4 Å². The average molecular weight is 558 g/mol. The van der Waals surface area contributed by atoms with Gasteiger partial charge in [-0.15, -0.1) is 0 Å². The van der Waals surface area contributed by atoms with Gasteiger partial charge in [-0.2, -0.15) is 0 Å². The number of pyridine rings is 1. The van der Waals surface area contributed by atoms with Gasteiger partial charge in [0.2, 0.25) is 0 Å². The van der Waals surface area contributed by atoms with Crippen LogP contribution in [0.15, 0.2) is 164 Å². The minimum absolute atomic E-state index is 1.01. The van der Waals surface area contributed by atoms with Crippen LogP contribution in [0.5, 0.6) is 0 Å². The van der Waals surface area contributed by atoms with E-state index in [0.29, 0.717) is 0 Å². The molecule has 8 aromatic carbocycles. The van der Waals surface area contributed by atoms with E-state index in [2.05, 4.69) is 164 Å². The monoisotopic (exact) mass is 557 g/mol. The molecule has 0 bridgehead atoms. The van der Waals surface area contributed by atoms with E-state index >= 15 is 0 Å². The highest BCUT2D eigenvalue weighted by Crippen LogP contribution is 2.47. The van der Waals surface area contributed by atoms with E-state index in [1.165, 1.54) is 81.9 Å². The maximum atomic E-state index is 5.01. The molecule has 0 aliphatic rings. The largest absolute Gasteiger partial charge is 0.256 e. The van der Waals surface area contributed by atoms with Crippen molar-refractivity contribution in [1.29, 1.82) is 0 Å². The third-order valence-electron chi connectivity index (χ3n) is 9.05. The number of para-hydroxylation sites is 1. The molecule has 204 valence electrons. The third kappa shape index (κ3) is 3.83. The molecule has 1 heteroatoms. The summed E-state index contributed by atoms with van der Waals surface area (Å²) in [6, 6.07) is 57.1. The predicted molar refractivity (Wildman–Crippen MR) is 188 cm³/mol. The Kier molecular flexibility index (Phi) is 5.57. The second-order valence-electron chi connectivity index (χ2n) is 11.5. The summed E-state index contributed by atoms with van der Waals surface area (Å²) in [5, 5.41) is 11.1. The van der Waals surface area contributed by atoms with E-state index in [1.54, 1.807) is 0 Å². The number of hydrogen-bond donors (Lipinski definition) is 0. The molecule has 0 N–H and O–H groups in total. The highest BCUT2D eigenvalue weighted by atomic mass is 14.6. The van der Waals surface area contributed by atoms with Crippen molar-refractivity contribution in [3.63, 3.8) is 0 Å². The summed E-state index contributed by atoms with van der Waals surface area (Å²) in [5.74, 6) is 0. The standard InChI is InChI=1S/C43H27N/c1-2-13-30-25-32(24-23-28(30)11-1)31-15-9-16-33(26-31)41-36-18-5-6-19-37(36)42(35-21-10-14-29-12-3-4-17-34(29)35)43-38-20-7-8-22-40(38)44-27-39(41)43/h1-27H. The number of nitrogens with zero attached hydrogens (tertiary/aromatic N) is 1. The van der Waals surface area contributed by atoms with E-state index in [9.17, 15) is 0 Å². The molecular weight excluding hydrogens is 530 g/mol. The van der Waals surface area contributed by atoms with Crippen LogP contribution in [0.2, 0.25) is 0 Å². The molecule has 0 saturated carbocycles. The van der Waals surface area contributed by atoms with Gasteiger partial charge in [0, 0.05) is 22.4 Å². The summed E-state index contributed by atoms with van der Waals surface area (Å²) in [5.41, 5.74) is 8.36. The van der Waals surface area contributed by atoms with Crippen molar-refractivity contribution in [2.24, 2.45) is 0 Å². The van der Waals surface area contributed by atoms with Crippen molar-refractivity contribution in [3.05, 3.63) is 164 Å². The summed E-state index contributed by atoms with van der Waals surface area (Å²) < 4.78 is 0. The number of fused-ring (bicyclic) bond motifs is 6. The Morgan fingerprint density at radius 3 is 1.82 bits per heavy atom. The Bertz CT molecular complexity index is 2550. The van der Waals surface area contributed by atoms with Gasteiger partial charge in [0.25, 0.3) is 0 Å². The molecule has 9 rings (SSSR count). The summed E-state index contributed by atoms with van der Waals surface area (Å²) in [6.45, 7) is 0. The summed E-state index contributed by atoms with van der Waals surface area (Å²) >= 11 is 0. The minimum atomic E-state index is 1.01. The molecule has 0 aliphatic carbocycles. The lowest BCUT2D eigenvalue weighted by Gasteiger charge is -2.20. The molecular formula is C43H27N. The van der Waals surface area contributed by atoms with E-state index in [1.807, 2.05) is 0 Å². The maximum absolute atomic E-state index is 5.01. The summed E-state index contributed by atoms with van der Waals surface area (Å²) in [7, 11) is 0. The molecule has 1 heterocycles. The Morgan fingerprint density at radius 2 is 0.955 bits per heavy atom. The van der Waals surface area contributed by atoms with Crippen molar-refractivity contribution in [2.45, 2.75) is 0 Å². The fraction of sp³-hybridized carbons (Fsp3) is 0. The van der Waals surface area contributed by atoms with Gasteiger partial charge in [-0.1, -0.05) is 140 Å². The Labute approximate surface area is 255 Å². The summed E-state index contributed by atoms with van der Waals surface area (Å²) in [6.07, 6.45) is 2.09. The molecule has 0 spiro atoms. The Balaban J connectivity index is 1.40. The van der Waals surface area contributed by atoms with Crippen LogP contribution >= 0.6 is 0 Å². The topological polar surface area (TPSA) is 12.9 Å². The molecule has 0 atom stereocenters. The second kappa shape index (κ2) is 9.90. The van der Waals surface area contributed by atoms with Crippen LogP contribution in [-0.4, -0.2) is 4.98 Å². The lowest BCUT2D eigenvalue weighted by atomic mass is 9.83. The first-order valence-electron chi connectivity index (χ1n) is 15.1. The van der Waals surface area contributed by atoms with Crippen molar-refractivity contribution in [1.82, 2.24) is 4.98 Å². The Morgan fingerprint density at radius 1 is 0.341 bits per heavy atom. The number of rotatable bonds is 3. The molecule has 0 saturated heterocycles. The lowest BCUT2D eigenvalue weighted by molar-refractivity contribution is 1.45. The van der Waals surface area contributed by atoms with Crippen LogP contribution in [-0.2, 0) is 0 Å². The first-order valence-corrected chi connectivity index (χ1v) is 15.1. The zero-order valence-electron chi connectivity index (χ0n) is 24.0. The van der Waals surface area contributed by atoms with Crippen LogP contribution in [0.3, 0.4) is 0 Å². The fourth-order valence-corrected chi connectivity index (χ4v) is 7.06. The maximum Gasteiger partial charge on any atom is 0.0708 e. The normalized spacial score (nSPS) is 11.6. The van der Waals surface area contributed by atoms with Gasteiger partial charge in [0.05, 0.1) is 5.52 Å². The van der Waals surface area contributed by atoms with Gasteiger partial charge in [0.1, 0.15) is 0 Å². The minimum Gasteiger partial charge on any atom is -0.256 e. The molecule has 0 radical (unpaired) electrons. The van der Waals surface area contributed by atoms with Crippen molar-refractivity contribution in [3.8, 4) is 33.4 Å². The average Bonchev–Trinajstić information content (AvgIpc) is 3.10. The third-order valence-corrected chi connectivity index (χ3v) is 9.05. The Hall–Kier alpha value is -5.79. The quantitative estimate of drug-likeness (QED) is 0.155. The fourth-order valence-electron chi connectivity index (χ4n) is 7.06. The van der Waals surface area contributed by atoms with Crippen LogP contribution in [0, 0.1) is 0 Å². The SMILES string of the molecule is c1cc(-c2ccc3ccccc3c2)cc(-c2c3ccccc3c(-c3cccc4ccccc34)c3c2cnc2ccccc23)c1. The van der Waals surface area contributed by atoms with E-state index in [-0.39, 0.29) is 0 Å². The highest BCUT2D eigenvalue weighted by Gasteiger charge is 2.20. The molecule has 0 unspecified atom stereocenters. The first-order chi connectivity index (χ1) is 21.8. The smallest absolute Gasteiger partial charge is 0.0708 e. The number of hydrogen-bond acceptors (Lipinski definition) is 1. The molecule has 0 amide bonds. The zero-order valence-corrected chi connectivity index (χ0v) is 24.0. The van der Waals surface area contributed by atoms with Gasteiger partial charge in [-0.3, -0.25) is 4.98 Å². The molecule has 0 fully saturated rings. The van der Waals surface area contributed by atoms with Gasteiger partial charge in [0.15, 0.2) is 0 Å². The number of aromatic nitrogens is 1. The zero-order chi connectivity index (χ0) is 29.0. The van der Waals surface area contributed by atoms with Crippen LogP contribution in [0.4, 0.5) is 0 Å². The molecule has 44 heavy (non-hydrogen) atoms. The van der Waals surface area contributed by atoms with Crippen molar-refractivity contribution < 1.29 is 0 Å². The van der Waals surface area contributed by atoms with Gasteiger partial charge in [-0.25, -0.2) is 0 Å². The van der Waals surface area contributed by atoms with Crippen molar-refractivity contribution in [2.75, 3.05) is 0 Å². The van der Waals surface area contributed by atoms with Crippen LogP contribution < -0.4 is 0 Å². The summed E-state index contributed by atoms with van der Waals surface area (Å²) in [4.78, 5) is 5.01. The highest BCUT2D eigenvalue weighted by molar-refractivity contribution is 6.28.